The minimum Gasteiger partial charge on any atom is -0.496 e. The summed E-state index contributed by atoms with van der Waals surface area (Å²) in [6, 6.07) is 22.0. The number of likely N-dealkylation sites (N-methyl/N-ethyl adjacent to an activating group) is 1. The summed E-state index contributed by atoms with van der Waals surface area (Å²) in [7, 11) is 3.32. The van der Waals surface area contributed by atoms with Crippen LogP contribution in [0.5, 0.6) is 11.5 Å². The molecule has 4 rings (SSSR count). The minimum atomic E-state index is -0.182. The van der Waals surface area contributed by atoms with Gasteiger partial charge in [-0.2, -0.15) is 0 Å². The molecule has 0 fully saturated rings. The molecule has 0 N–H and O–H groups in total. The van der Waals surface area contributed by atoms with Crippen LogP contribution < -0.4 is 14.9 Å². The molecule has 0 spiro atoms. The van der Waals surface area contributed by atoms with Gasteiger partial charge in [-0.15, -0.1) is 0 Å². The Morgan fingerprint density at radius 1 is 1.00 bits per heavy atom. The van der Waals surface area contributed by atoms with Crippen molar-refractivity contribution in [2.24, 2.45) is 0 Å². The van der Waals surface area contributed by atoms with Gasteiger partial charge in [-0.3, -0.25) is 9.59 Å². The molecule has 168 valence electrons. The lowest BCUT2D eigenvalue weighted by Crippen LogP contribution is -2.31. The molecule has 0 radical (unpaired) electrons. The van der Waals surface area contributed by atoms with Crippen LogP contribution in [0.2, 0.25) is 0 Å². The lowest BCUT2D eigenvalue weighted by molar-refractivity contribution is -0.132. The van der Waals surface area contributed by atoms with Crippen LogP contribution in [0, 0.1) is 6.92 Å². The summed E-state index contributed by atoms with van der Waals surface area (Å²) in [5.74, 6) is 1.53. The molecule has 0 atom stereocenters. The SMILES string of the molecule is COc1ccccc1CN(C)C(=O)COc1ccc2c(=O)c(-c3ccccc3)c(C)oc2c1. The van der Waals surface area contributed by atoms with Crippen molar-refractivity contribution in [2.75, 3.05) is 20.8 Å². The lowest BCUT2D eigenvalue weighted by atomic mass is 10.0. The van der Waals surface area contributed by atoms with Gasteiger partial charge in [0, 0.05) is 25.2 Å². The highest BCUT2D eigenvalue weighted by atomic mass is 16.5. The van der Waals surface area contributed by atoms with Crippen molar-refractivity contribution in [1.29, 1.82) is 0 Å². The predicted octanol–water partition coefficient (Wildman–Crippen LogP) is 4.81. The molecule has 0 aliphatic carbocycles. The van der Waals surface area contributed by atoms with E-state index in [9.17, 15) is 9.59 Å². The highest BCUT2D eigenvalue weighted by molar-refractivity contribution is 5.84. The van der Waals surface area contributed by atoms with Crippen LogP contribution in [-0.2, 0) is 11.3 Å². The maximum absolute atomic E-state index is 13.1. The van der Waals surface area contributed by atoms with Crippen molar-refractivity contribution in [3.8, 4) is 22.6 Å². The fraction of sp³-hybridized carbons (Fsp3) is 0.185. The van der Waals surface area contributed by atoms with Crippen molar-refractivity contribution in [3.63, 3.8) is 0 Å². The molecular formula is C27H25NO5. The Hall–Kier alpha value is -4.06. The van der Waals surface area contributed by atoms with Gasteiger partial charge in [0.2, 0.25) is 5.43 Å². The normalized spacial score (nSPS) is 10.8. The van der Waals surface area contributed by atoms with Gasteiger partial charge in [0.05, 0.1) is 18.1 Å². The first kappa shape index (κ1) is 22.1. The van der Waals surface area contributed by atoms with Crippen molar-refractivity contribution in [2.45, 2.75) is 13.5 Å². The third-order valence-electron chi connectivity index (χ3n) is 5.49. The molecule has 0 unspecified atom stereocenters. The fourth-order valence-corrected chi connectivity index (χ4v) is 3.75. The monoisotopic (exact) mass is 443 g/mol. The number of ether oxygens (including phenoxy) is 2. The molecule has 1 heterocycles. The molecule has 0 saturated heterocycles. The van der Waals surface area contributed by atoms with Crippen LogP contribution >= 0.6 is 0 Å². The van der Waals surface area contributed by atoms with Gasteiger partial charge in [-0.05, 0) is 30.7 Å². The van der Waals surface area contributed by atoms with E-state index in [0.29, 0.717) is 34.6 Å². The van der Waals surface area contributed by atoms with Crippen molar-refractivity contribution in [3.05, 3.63) is 94.3 Å². The number of para-hydroxylation sites is 1. The quantitative estimate of drug-likeness (QED) is 0.410. The van der Waals surface area contributed by atoms with E-state index in [1.807, 2.05) is 54.6 Å². The van der Waals surface area contributed by atoms with Gasteiger partial charge in [-0.25, -0.2) is 0 Å². The number of hydrogen-bond acceptors (Lipinski definition) is 5. The lowest BCUT2D eigenvalue weighted by Gasteiger charge is -2.19. The first-order valence-electron chi connectivity index (χ1n) is 10.6. The molecule has 6 nitrogen and oxygen atoms in total. The number of amides is 1. The molecule has 0 aliphatic heterocycles. The Bertz CT molecular complexity index is 1340. The van der Waals surface area contributed by atoms with Gasteiger partial charge in [-0.1, -0.05) is 48.5 Å². The van der Waals surface area contributed by atoms with Gasteiger partial charge >= 0.3 is 0 Å². The molecule has 3 aromatic carbocycles. The zero-order valence-electron chi connectivity index (χ0n) is 18.8. The number of carbonyl (C=O) groups excluding carboxylic acids is 1. The first-order chi connectivity index (χ1) is 16.0. The summed E-state index contributed by atoms with van der Waals surface area (Å²) >= 11 is 0. The third-order valence-corrected chi connectivity index (χ3v) is 5.49. The number of rotatable bonds is 7. The number of aryl methyl sites for hydroxylation is 1. The van der Waals surface area contributed by atoms with Crippen LogP contribution in [-0.4, -0.2) is 31.6 Å². The summed E-state index contributed by atoms with van der Waals surface area (Å²) in [5, 5.41) is 0.464. The summed E-state index contributed by atoms with van der Waals surface area (Å²) in [6.07, 6.45) is 0. The zero-order valence-corrected chi connectivity index (χ0v) is 18.8. The van der Waals surface area contributed by atoms with Crippen LogP contribution in [0.15, 0.2) is 82.0 Å². The Morgan fingerprint density at radius 2 is 1.73 bits per heavy atom. The largest absolute Gasteiger partial charge is 0.496 e. The molecule has 1 amide bonds. The van der Waals surface area contributed by atoms with E-state index in [0.717, 1.165) is 16.9 Å². The maximum atomic E-state index is 13.1. The highest BCUT2D eigenvalue weighted by Gasteiger charge is 2.16. The smallest absolute Gasteiger partial charge is 0.260 e. The zero-order chi connectivity index (χ0) is 23.4. The Labute approximate surface area is 192 Å². The van der Waals surface area contributed by atoms with E-state index in [1.165, 1.54) is 0 Å². The number of hydrogen-bond donors (Lipinski definition) is 0. The van der Waals surface area contributed by atoms with Crippen molar-refractivity contribution >= 4 is 16.9 Å². The fourth-order valence-electron chi connectivity index (χ4n) is 3.75. The van der Waals surface area contributed by atoms with Crippen LogP contribution in [0.4, 0.5) is 0 Å². The molecule has 4 aromatic rings. The Kier molecular flexibility index (Phi) is 6.45. The average Bonchev–Trinajstić information content (AvgIpc) is 2.83. The van der Waals surface area contributed by atoms with Gasteiger partial charge in [0.25, 0.3) is 5.91 Å². The van der Waals surface area contributed by atoms with Crippen LogP contribution in [0.3, 0.4) is 0 Å². The van der Waals surface area contributed by atoms with Gasteiger partial charge < -0.3 is 18.8 Å². The first-order valence-corrected chi connectivity index (χ1v) is 10.6. The summed E-state index contributed by atoms with van der Waals surface area (Å²) in [4.78, 5) is 27.2. The molecule has 33 heavy (non-hydrogen) atoms. The van der Waals surface area contributed by atoms with E-state index < -0.39 is 0 Å². The second-order valence-corrected chi connectivity index (χ2v) is 7.74. The summed E-state index contributed by atoms with van der Waals surface area (Å²) in [5.41, 5.74) is 2.59. The number of carbonyl (C=O) groups is 1. The third kappa shape index (κ3) is 4.75. The highest BCUT2D eigenvalue weighted by Crippen LogP contribution is 2.26. The molecule has 6 heteroatoms. The molecule has 0 saturated carbocycles. The second-order valence-electron chi connectivity index (χ2n) is 7.74. The number of methoxy groups -OCH3 is 1. The standard InChI is InChI=1S/C27H25NO5/c1-18-26(19-9-5-4-6-10-19)27(30)22-14-13-21(15-24(22)33-18)32-17-25(29)28(2)16-20-11-7-8-12-23(20)31-3/h4-15H,16-17H2,1-3H3. The van der Waals surface area contributed by atoms with Crippen LogP contribution in [0.1, 0.15) is 11.3 Å². The summed E-state index contributed by atoms with van der Waals surface area (Å²) in [6.45, 7) is 2.04. The van der Waals surface area contributed by atoms with E-state index in [-0.39, 0.29) is 17.9 Å². The van der Waals surface area contributed by atoms with Crippen molar-refractivity contribution < 1.29 is 18.7 Å². The van der Waals surface area contributed by atoms with E-state index in [1.54, 1.807) is 44.2 Å². The van der Waals surface area contributed by atoms with Gasteiger partial charge in [0.15, 0.2) is 6.61 Å². The van der Waals surface area contributed by atoms with E-state index >= 15 is 0 Å². The Morgan fingerprint density at radius 3 is 2.48 bits per heavy atom. The molecule has 0 aliphatic rings. The molecule has 1 aromatic heterocycles. The Balaban J connectivity index is 1.49. The second kappa shape index (κ2) is 9.61. The molecular weight excluding hydrogens is 418 g/mol. The van der Waals surface area contributed by atoms with E-state index in [2.05, 4.69) is 0 Å². The minimum absolute atomic E-state index is 0.0980. The van der Waals surface area contributed by atoms with Gasteiger partial charge in [0.1, 0.15) is 22.8 Å². The van der Waals surface area contributed by atoms with Crippen LogP contribution in [0.25, 0.3) is 22.1 Å². The van der Waals surface area contributed by atoms with Crippen molar-refractivity contribution in [1.82, 2.24) is 4.90 Å². The number of fused-ring (bicyclic) bond motifs is 1. The number of nitrogens with zero attached hydrogens (tertiary/aromatic N) is 1. The summed E-state index contributed by atoms with van der Waals surface area (Å²) < 4.78 is 17.0. The average molecular weight is 443 g/mol. The van der Waals surface area contributed by atoms with E-state index in [4.69, 9.17) is 13.9 Å². The maximum Gasteiger partial charge on any atom is 0.260 e. The topological polar surface area (TPSA) is 69.0 Å². The predicted molar refractivity (Wildman–Crippen MR) is 128 cm³/mol. The number of benzene rings is 3. The molecule has 0 bridgehead atoms.